The zero-order chi connectivity index (χ0) is 12.8. The van der Waals surface area contributed by atoms with Gasteiger partial charge in [0.15, 0.2) is 0 Å². The normalized spacial score (nSPS) is 11.6. The zero-order valence-corrected chi connectivity index (χ0v) is 10.0. The van der Waals surface area contributed by atoms with Crippen LogP contribution in [-0.4, -0.2) is 22.1 Å². The van der Waals surface area contributed by atoms with E-state index in [-0.39, 0.29) is 11.6 Å². The quantitative estimate of drug-likeness (QED) is 0.765. The van der Waals surface area contributed by atoms with Gasteiger partial charge in [-0.05, 0) is 25.5 Å². The molecular weight excluding hydrogens is 216 g/mol. The van der Waals surface area contributed by atoms with E-state index in [1.807, 2.05) is 13.8 Å². The van der Waals surface area contributed by atoms with Crippen LogP contribution >= 0.6 is 0 Å². The number of hydrogen-bond acceptors (Lipinski definition) is 3. The summed E-state index contributed by atoms with van der Waals surface area (Å²) in [5.41, 5.74) is 0.944. The van der Waals surface area contributed by atoms with Gasteiger partial charge in [-0.1, -0.05) is 6.92 Å². The van der Waals surface area contributed by atoms with Crippen molar-refractivity contribution in [2.24, 2.45) is 0 Å². The van der Waals surface area contributed by atoms with E-state index in [9.17, 15) is 4.79 Å². The Balaban J connectivity index is 2.99. The molecule has 4 heteroatoms. The Kier molecular flexibility index (Phi) is 4.53. The van der Waals surface area contributed by atoms with E-state index in [1.54, 1.807) is 12.1 Å². The first-order valence-electron chi connectivity index (χ1n) is 5.49. The van der Waals surface area contributed by atoms with Crippen molar-refractivity contribution in [3.63, 3.8) is 0 Å². The molecule has 0 aliphatic rings. The summed E-state index contributed by atoms with van der Waals surface area (Å²) in [7, 11) is 0. The van der Waals surface area contributed by atoms with Crippen LogP contribution in [0.15, 0.2) is 12.1 Å². The average molecular weight is 232 g/mol. The average Bonchev–Trinajstić information content (AvgIpc) is 2.28. The molecule has 0 saturated carbocycles. The second-order valence-electron chi connectivity index (χ2n) is 3.81. The number of aromatic nitrogens is 1. The lowest BCUT2D eigenvalue weighted by Crippen LogP contribution is -2.20. The third-order valence-corrected chi connectivity index (χ3v) is 2.46. The van der Waals surface area contributed by atoms with Gasteiger partial charge in [-0.15, -0.1) is 12.3 Å². The van der Waals surface area contributed by atoms with Crippen molar-refractivity contribution in [1.82, 2.24) is 4.98 Å². The lowest BCUT2D eigenvalue weighted by molar-refractivity contribution is 0.0697. The number of anilines is 1. The number of nitrogens with one attached hydrogen (secondary N) is 1. The molecule has 17 heavy (non-hydrogen) atoms. The number of pyridine rings is 1. The molecule has 2 N–H and O–H groups in total. The molecule has 1 heterocycles. The number of terminal acetylenes is 1. The second kappa shape index (κ2) is 5.90. The highest BCUT2D eigenvalue weighted by molar-refractivity contribution is 5.93. The topological polar surface area (TPSA) is 62.2 Å². The molecule has 1 unspecified atom stereocenters. The molecule has 0 saturated heterocycles. The molecule has 1 aromatic rings. The number of rotatable bonds is 5. The summed E-state index contributed by atoms with van der Waals surface area (Å²) < 4.78 is 0. The summed E-state index contributed by atoms with van der Waals surface area (Å²) in [4.78, 5) is 15.2. The Morgan fingerprint density at radius 1 is 1.65 bits per heavy atom. The van der Waals surface area contributed by atoms with Crippen LogP contribution in [0.25, 0.3) is 0 Å². The van der Waals surface area contributed by atoms with Crippen molar-refractivity contribution < 1.29 is 9.90 Å². The molecule has 90 valence electrons. The summed E-state index contributed by atoms with van der Waals surface area (Å²) >= 11 is 0. The lowest BCUT2D eigenvalue weighted by Gasteiger charge is -2.16. The number of nitrogens with zero attached hydrogens (tertiary/aromatic N) is 1. The van der Waals surface area contributed by atoms with Crippen LogP contribution in [0.1, 0.15) is 35.8 Å². The molecule has 1 aromatic heterocycles. The van der Waals surface area contributed by atoms with Gasteiger partial charge in [-0.3, -0.25) is 0 Å². The molecular formula is C13H16N2O2. The Hall–Kier alpha value is -2.02. The summed E-state index contributed by atoms with van der Waals surface area (Å²) in [6, 6.07) is 3.28. The van der Waals surface area contributed by atoms with Gasteiger partial charge in [-0.2, -0.15) is 0 Å². The van der Waals surface area contributed by atoms with Gasteiger partial charge < -0.3 is 10.4 Å². The van der Waals surface area contributed by atoms with E-state index >= 15 is 0 Å². The first-order chi connectivity index (χ1) is 8.08. The van der Waals surface area contributed by atoms with Crippen molar-refractivity contribution in [3.8, 4) is 12.3 Å². The van der Waals surface area contributed by atoms with Crippen molar-refractivity contribution in [1.29, 1.82) is 0 Å². The van der Waals surface area contributed by atoms with E-state index in [1.165, 1.54) is 0 Å². The van der Waals surface area contributed by atoms with Gasteiger partial charge in [0.2, 0.25) is 0 Å². The van der Waals surface area contributed by atoms with E-state index in [4.69, 9.17) is 11.5 Å². The maximum absolute atomic E-state index is 11.0. The standard InChI is InChI=1S/C13H16N2O2/c1-4-6-10(5-2)15-12-11(13(16)17)8-7-9(3)14-12/h1,7-8,10H,5-6H2,2-3H3,(H,14,15)(H,16,17). The Bertz CT molecular complexity index is 449. The fraction of sp³-hybridized carbons (Fsp3) is 0.385. The molecule has 0 aliphatic carbocycles. The predicted octanol–water partition coefficient (Wildman–Crippen LogP) is 2.30. The number of carboxylic acid groups (broad SMARTS) is 1. The summed E-state index contributed by atoms with van der Waals surface area (Å²) in [6.07, 6.45) is 6.62. The molecule has 0 amide bonds. The Morgan fingerprint density at radius 2 is 2.35 bits per heavy atom. The SMILES string of the molecule is C#CCC(CC)Nc1nc(C)ccc1C(=O)O. The summed E-state index contributed by atoms with van der Waals surface area (Å²) in [6.45, 7) is 3.81. The zero-order valence-electron chi connectivity index (χ0n) is 10.0. The fourth-order valence-electron chi connectivity index (χ4n) is 1.47. The third kappa shape index (κ3) is 3.49. The third-order valence-electron chi connectivity index (χ3n) is 2.46. The minimum Gasteiger partial charge on any atom is -0.478 e. The predicted molar refractivity (Wildman–Crippen MR) is 67.1 cm³/mol. The second-order valence-corrected chi connectivity index (χ2v) is 3.81. The number of hydrogen-bond donors (Lipinski definition) is 2. The molecule has 4 nitrogen and oxygen atoms in total. The number of carboxylic acids is 1. The Labute approximate surface area is 101 Å². The van der Waals surface area contributed by atoms with Crippen LogP contribution in [0.2, 0.25) is 0 Å². The van der Waals surface area contributed by atoms with Crippen molar-refractivity contribution in [2.75, 3.05) is 5.32 Å². The number of carbonyl (C=O) groups is 1. The summed E-state index contributed by atoms with van der Waals surface area (Å²) in [5.74, 6) is 1.96. The number of aromatic carboxylic acids is 1. The van der Waals surface area contributed by atoms with E-state index < -0.39 is 5.97 Å². The number of aryl methyl sites for hydroxylation is 1. The lowest BCUT2D eigenvalue weighted by atomic mass is 10.1. The minimum atomic E-state index is -0.990. The van der Waals surface area contributed by atoms with Crippen molar-refractivity contribution in [3.05, 3.63) is 23.4 Å². The highest BCUT2D eigenvalue weighted by Gasteiger charge is 2.14. The van der Waals surface area contributed by atoms with Crippen molar-refractivity contribution >= 4 is 11.8 Å². The van der Waals surface area contributed by atoms with Crippen LogP contribution < -0.4 is 5.32 Å². The first-order valence-corrected chi connectivity index (χ1v) is 5.49. The largest absolute Gasteiger partial charge is 0.478 e. The van der Waals surface area contributed by atoms with E-state index in [2.05, 4.69) is 16.2 Å². The van der Waals surface area contributed by atoms with Crippen LogP contribution in [0, 0.1) is 19.3 Å². The first kappa shape index (κ1) is 13.0. The molecule has 0 aromatic carbocycles. The molecule has 1 atom stereocenters. The molecule has 0 spiro atoms. The van der Waals surface area contributed by atoms with E-state index in [0.717, 1.165) is 12.1 Å². The molecule has 0 aliphatic heterocycles. The monoisotopic (exact) mass is 232 g/mol. The maximum atomic E-state index is 11.0. The smallest absolute Gasteiger partial charge is 0.339 e. The van der Waals surface area contributed by atoms with E-state index in [0.29, 0.717) is 12.2 Å². The van der Waals surface area contributed by atoms with Gasteiger partial charge in [0.05, 0.1) is 0 Å². The van der Waals surface area contributed by atoms with Gasteiger partial charge >= 0.3 is 5.97 Å². The summed E-state index contributed by atoms with van der Waals surface area (Å²) in [5, 5.41) is 12.1. The maximum Gasteiger partial charge on any atom is 0.339 e. The highest BCUT2D eigenvalue weighted by Crippen LogP contribution is 2.16. The molecule has 0 radical (unpaired) electrons. The van der Waals surface area contributed by atoms with Crippen LogP contribution in [0.4, 0.5) is 5.82 Å². The minimum absolute atomic E-state index is 0.0485. The van der Waals surface area contributed by atoms with Gasteiger partial charge in [0.25, 0.3) is 0 Å². The van der Waals surface area contributed by atoms with Gasteiger partial charge in [0.1, 0.15) is 11.4 Å². The fourth-order valence-corrected chi connectivity index (χ4v) is 1.47. The molecule has 0 fully saturated rings. The van der Waals surface area contributed by atoms with Crippen molar-refractivity contribution in [2.45, 2.75) is 32.7 Å². The Morgan fingerprint density at radius 3 is 2.88 bits per heavy atom. The highest BCUT2D eigenvalue weighted by atomic mass is 16.4. The van der Waals surface area contributed by atoms with Crippen LogP contribution in [-0.2, 0) is 0 Å². The van der Waals surface area contributed by atoms with Gasteiger partial charge in [-0.25, -0.2) is 9.78 Å². The molecule has 0 bridgehead atoms. The van der Waals surface area contributed by atoms with Crippen LogP contribution in [0.5, 0.6) is 0 Å². The molecule has 1 rings (SSSR count). The van der Waals surface area contributed by atoms with Gasteiger partial charge in [0, 0.05) is 18.2 Å². The van der Waals surface area contributed by atoms with Crippen LogP contribution in [0.3, 0.4) is 0 Å².